The van der Waals surface area contributed by atoms with Gasteiger partial charge in [0.05, 0.1) is 24.0 Å². The summed E-state index contributed by atoms with van der Waals surface area (Å²) in [5.41, 5.74) is 2.91. The molecule has 0 saturated carbocycles. The molecule has 2 aliphatic rings. The molecule has 2 aliphatic heterocycles. The number of amides is 3. The van der Waals surface area contributed by atoms with Gasteiger partial charge in [-0.1, -0.05) is 12.1 Å². The van der Waals surface area contributed by atoms with Crippen molar-refractivity contribution >= 4 is 33.2 Å². The van der Waals surface area contributed by atoms with Crippen LogP contribution in [0.3, 0.4) is 0 Å². The van der Waals surface area contributed by atoms with Gasteiger partial charge in [-0.25, -0.2) is 8.42 Å². The summed E-state index contributed by atoms with van der Waals surface area (Å²) in [4.78, 5) is 41.0. The molecule has 0 spiro atoms. The second-order valence-corrected chi connectivity index (χ2v) is 10.4. The van der Waals surface area contributed by atoms with Gasteiger partial charge in [0, 0.05) is 31.2 Å². The summed E-state index contributed by atoms with van der Waals surface area (Å²) in [5.74, 6) is -1.18. The number of nitrogens with zero attached hydrogens (tertiary/aromatic N) is 2. The standard InChI is InChI=1S/C21H29N3O5S/c1-4-23(12-19(25)22-17-8-9-30(28,29)13-17)21(27)16-10-20(26)24(11-16)18-7-5-6-14(2)15(18)3/h5-7,16-17H,4,8-13H2,1-3H3,(H,22,25). The van der Waals surface area contributed by atoms with Gasteiger partial charge in [-0.3, -0.25) is 14.4 Å². The molecule has 1 aromatic carbocycles. The Balaban J connectivity index is 1.62. The molecule has 2 fully saturated rings. The van der Waals surface area contributed by atoms with Crippen LogP contribution in [0.25, 0.3) is 0 Å². The highest BCUT2D eigenvalue weighted by atomic mass is 32.2. The Bertz CT molecular complexity index is 959. The van der Waals surface area contributed by atoms with Crippen LogP contribution in [0.2, 0.25) is 0 Å². The average molecular weight is 436 g/mol. The van der Waals surface area contributed by atoms with Gasteiger partial charge >= 0.3 is 0 Å². The molecular weight excluding hydrogens is 406 g/mol. The Hall–Kier alpha value is -2.42. The van der Waals surface area contributed by atoms with E-state index in [0.717, 1.165) is 16.8 Å². The lowest BCUT2D eigenvalue weighted by Gasteiger charge is -2.25. The molecule has 2 unspecified atom stereocenters. The number of aryl methyl sites for hydroxylation is 1. The maximum absolute atomic E-state index is 13.0. The van der Waals surface area contributed by atoms with Crippen molar-refractivity contribution in [3.63, 3.8) is 0 Å². The first kappa shape index (κ1) is 22.3. The van der Waals surface area contributed by atoms with E-state index in [0.29, 0.717) is 19.5 Å². The molecule has 3 amide bonds. The maximum Gasteiger partial charge on any atom is 0.239 e. The highest BCUT2D eigenvalue weighted by Crippen LogP contribution is 2.30. The van der Waals surface area contributed by atoms with Crippen LogP contribution in [-0.4, -0.2) is 68.2 Å². The van der Waals surface area contributed by atoms with Crippen LogP contribution in [0.15, 0.2) is 18.2 Å². The number of carbonyl (C=O) groups excluding carboxylic acids is 3. The Morgan fingerprint density at radius 1 is 1.27 bits per heavy atom. The third-order valence-corrected chi connectivity index (χ3v) is 7.73. The zero-order chi connectivity index (χ0) is 22.1. The van der Waals surface area contributed by atoms with Gasteiger partial charge in [-0.05, 0) is 44.4 Å². The molecule has 0 aliphatic carbocycles. The van der Waals surface area contributed by atoms with E-state index in [1.807, 2.05) is 32.0 Å². The van der Waals surface area contributed by atoms with Crippen molar-refractivity contribution in [3.8, 4) is 0 Å². The lowest BCUT2D eigenvalue weighted by molar-refractivity contribution is -0.139. The van der Waals surface area contributed by atoms with Crippen LogP contribution in [0.4, 0.5) is 5.69 Å². The Morgan fingerprint density at radius 3 is 2.63 bits per heavy atom. The molecule has 0 aromatic heterocycles. The Labute approximate surface area is 177 Å². The van der Waals surface area contributed by atoms with Gasteiger partial charge in [-0.15, -0.1) is 0 Å². The van der Waals surface area contributed by atoms with Crippen LogP contribution >= 0.6 is 0 Å². The van der Waals surface area contributed by atoms with Crippen molar-refractivity contribution < 1.29 is 22.8 Å². The van der Waals surface area contributed by atoms with Gasteiger partial charge in [0.25, 0.3) is 0 Å². The Kier molecular flexibility index (Phi) is 6.50. The van der Waals surface area contributed by atoms with Crippen LogP contribution < -0.4 is 10.2 Å². The summed E-state index contributed by atoms with van der Waals surface area (Å²) in [5, 5.41) is 2.71. The largest absolute Gasteiger partial charge is 0.351 e. The molecule has 8 nitrogen and oxygen atoms in total. The number of benzene rings is 1. The SMILES string of the molecule is CCN(CC(=O)NC1CCS(=O)(=O)C1)C(=O)C1CC(=O)N(c2cccc(C)c2C)C1. The first-order valence-electron chi connectivity index (χ1n) is 10.3. The van der Waals surface area contributed by atoms with Crippen molar-refractivity contribution in [1.82, 2.24) is 10.2 Å². The molecule has 3 rings (SSSR count). The minimum absolute atomic E-state index is 0.0548. The van der Waals surface area contributed by atoms with Gasteiger partial charge in [-0.2, -0.15) is 0 Å². The fourth-order valence-electron chi connectivity index (χ4n) is 4.09. The predicted molar refractivity (Wildman–Crippen MR) is 114 cm³/mol. The summed E-state index contributed by atoms with van der Waals surface area (Å²) < 4.78 is 23.1. The number of rotatable bonds is 6. The van der Waals surface area contributed by atoms with E-state index in [4.69, 9.17) is 0 Å². The average Bonchev–Trinajstić information content (AvgIpc) is 3.23. The molecule has 2 saturated heterocycles. The first-order chi connectivity index (χ1) is 14.1. The number of likely N-dealkylation sites (N-methyl/N-ethyl adjacent to an activating group) is 1. The highest BCUT2D eigenvalue weighted by Gasteiger charge is 2.38. The quantitative estimate of drug-likeness (QED) is 0.712. The van der Waals surface area contributed by atoms with Crippen LogP contribution in [0.1, 0.15) is 30.9 Å². The number of carbonyl (C=O) groups is 3. The minimum atomic E-state index is -3.09. The second-order valence-electron chi connectivity index (χ2n) is 8.14. The lowest BCUT2D eigenvalue weighted by Crippen LogP contribution is -2.46. The van der Waals surface area contributed by atoms with E-state index >= 15 is 0 Å². The molecule has 30 heavy (non-hydrogen) atoms. The summed E-state index contributed by atoms with van der Waals surface area (Å²) in [6, 6.07) is 5.36. The van der Waals surface area contributed by atoms with E-state index < -0.39 is 21.8 Å². The third-order valence-electron chi connectivity index (χ3n) is 5.97. The fourth-order valence-corrected chi connectivity index (χ4v) is 5.77. The number of anilines is 1. The molecule has 1 N–H and O–H groups in total. The van der Waals surface area contributed by atoms with Gasteiger partial charge < -0.3 is 15.1 Å². The number of sulfone groups is 1. The zero-order valence-electron chi connectivity index (χ0n) is 17.7. The predicted octanol–water partition coefficient (Wildman–Crippen LogP) is 0.808. The van der Waals surface area contributed by atoms with Crippen LogP contribution in [0.5, 0.6) is 0 Å². The van der Waals surface area contributed by atoms with Crippen molar-refractivity contribution in [2.45, 2.75) is 39.7 Å². The topological polar surface area (TPSA) is 104 Å². The zero-order valence-corrected chi connectivity index (χ0v) is 18.5. The second kappa shape index (κ2) is 8.75. The highest BCUT2D eigenvalue weighted by molar-refractivity contribution is 7.91. The number of nitrogens with one attached hydrogen (secondary N) is 1. The van der Waals surface area contributed by atoms with Crippen LogP contribution in [-0.2, 0) is 24.2 Å². The maximum atomic E-state index is 13.0. The Morgan fingerprint density at radius 2 is 2.00 bits per heavy atom. The molecule has 0 radical (unpaired) electrons. The molecular formula is C21H29N3O5S. The van der Waals surface area contributed by atoms with Crippen molar-refractivity contribution in [2.75, 3.05) is 36.0 Å². The molecule has 9 heteroatoms. The van der Waals surface area contributed by atoms with E-state index in [2.05, 4.69) is 5.32 Å². The molecule has 2 heterocycles. The molecule has 0 bridgehead atoms. The van der Waals surface area contributed by atoms with Crippen molar-refractivity contribution in [1.29, 1.82) is 0 Å². The molecule has 164 valence electrons. The van der Waals surface area contributed by atoms with E-state index in [9.17, 15) is 22.8 Å². The van der Waals surface area contributed by atoms with Crippen LogP contribution in [0, 0.1) is 19.8 Å². The number of hydrogen-bond donors (Lipinski definition) is 1. The summed E-state index contributed by atoms with van der Waals surface area (Å²) in [6.45, 7) is 6.21. The monoisotopic (exact) mass is 435 g/mol. The van der Waals surface area contributed by atoms with Crippen molar-refractivity contribution in [3.05, 3.63) is 29.3 Å². The van der Waals surface area contributed by atoms with Gasteiger partial charge in [0.2, 0.25) is 17.7 Å². The number of hydrogen-bond acceptors (Lipinski definition) is 5. The summed E-state index contributed by atoms with van der Waals surface area (Å²) in [7, 11) is -3.09. The van der Waals surface area contributed by atoms with E-state index in [1.165, 1.54) is 4.90 Å². The normalized spacial score (nSPS) is 22.9. The molecule has 1 aromatic rings. The smallest absolute Gasteiger partial charge is 0.239 e. The summed E-state index contributed by atoms with van der Waals surface area (Å²) in [6.07, 6.45) is 0.515. The van der Waals surface area contributed by atoms with Gasteiger partial charge in [0.1, 0.15) is 0 Å². The van der Waals surface area contributed by atoms with E-state index in [-0.39, 0.29) is 42.2 Å². The summed E-state index contributed by atoms with van der Waals surface area (Å²) >= 11 is 0. The lowest BCUT2D eigenvalue weighted by atomic mass is 10.1. The first-order valence-corrected chi connectivity index (χ1v) is 12.1. The fraction of sp³-hybridized carbons (Fsp3) is 0.571. The van der Waals surface area contributed by atoms with Gasteiger partial charge in [0.15, 0.2) is 9.84 Å². The third kappa shape index (κ3) is 4.83. The van der Waals surface area contributed by atoms with E-state index in [1.54, 1.807) is 11.8 Å². The minimum Gasteiger partial charge on any atom is -0.351 e. The van der Waals surface area contributed by atoms with Crippen molar-refractivity contribution in [2.24, 2.45) is 5.92 Å². The molecule has 2 atom stereocenters.